The van der Waals surface area contributed by atoms with Crippen LogP contribution >= 0.6 is 0 Å². The minimum atomic E-state index is 0.876. The molecule has 16 heavy (non-hydrogen) atoms. The molecule has 1 heterocycles. The van der Waals surface area contributed by atoms with Crippen molar-refractivity contribution >= 4 is 5.70 Å². The molecule has 1 heteroatoms. The molecule has 1 aromatic rings. The van der Waals surface area contributed by atoms with Crippen LogP contribution in [0.3, 0.4) is 0 Å². The van der Waals surface area contributed by atoms with E-state index in [1.807, 2.05) is 0 Å². The summed E-state index contributed by atoms with van der Waals surface area (Å²) in [4.78, 5) is 2.43. The van der Waals surface area contributed by atoms with Gasteiger partial charge < -0.3 is 4.90 Å². The molecule has 1 aliphatic heterocycles. The van der Waals surface area contributed by atoms with Crippen LogP contribution in [0.1, 0.15) is 30.9 Å². The van der Waals surface area contributed by atoms with Crippen LogP contribution in [-0.4, -0.2) is 18.0 Å². The highest BCUT2D eigenvalue weighted by molar-refractivity contribution is 5.62. The number of hydrogen-bond donors (Lipinski definition) is 0. The molecule has 0 aliphatic carbocycles. The van der Waals surface area contributed by atoms with Gasteiger partial charge in [0.15, 0.2) is 0 Å². The van der Waals surface area contributed by atoms with Gasteiger partial charge in [-0.25, -0.2) is 0 Å². The van der Waals surface area contributed by atoms with Gasteiger partial charge in [-0.3, -0.25) is 0 Å². The highest BCUT2D eigenvalue weighted by atomic mass is 15.1. The lowest BCUT2D eigenvalue weighted by Crippen LogP contribution is -2.31. The molecule has 1 aliphatic rings. The molecule has 0 N–H and O–H groups in total. The summed E-state index contributed by atoms with van der Waals surface area (Å²) >= 11 is 0. The third-order valence-electron chi connectivity index (χ3n) is 3.52. The lowest BCUT2D eigenvalue weighted by atomic mass is 9.98. The third kappa shape index (κ3) is 2.46. The molecule has 1 fully saturated rings. The Balaban J connectivity index is 2.08. The summed E-state index contributed by atoms with van der Waals surface area (Å²) in [6.45, 7) is 11.0. The summed E-state index contributed by atoms with van der Waals surface area (Å²) in [5.41, 5.74) is 3.77. The molecule has 0 aromatic heterocycles. The Morgan fingerprint density at radius 3 is 2.62 bits per heavy atom. The third-order valence-corrected chi connectivity index (χ3v) is 3.52. The zero-order valence-electron chi connectivity index (χ0n) is 10.4. The molecule has 86 valence electrons. The first-order valence-corrected chi connectivity index (χ1v) is 6.17. The number of nitrogens with zero attached hydrogens (tertiary/aromatic N) is 1. The van der Waals surface area contributed by atoms with E-state index in [2.05, 4.69) is 49.6 Å². The molecule has 0 atom stereocenters. The highest BCUT2D eigenvalue weighted by Gasteiger charge is 2.17. The van der Waals surface area contributed by atoms with Crippen LogP contribution in [0.15, 0.2) is 30.8 Å². The van der Waals surface area contributed by atoms with E-state index in [0.717, 1.165) is 19.0 Å². The van der Waals surface area contributed by atoms with E-state index in [4.69, 9.17) is 0 Å². The Hall–Kier alpha value is -1.24. The predicted molar refractivity (Wildman–Crippen MR) is 70.2 cm³/mol. The van der Waals surface area contributed by atoms with Gasteiger partial charge in [0.1, 0.15) is 0 Å². The molecule has 2 rings (SSSR count). The average molecular weight is 215 g/mol. The van der Waals surface area contributed by atoms with Crippen molar-refractivity contribution in [2.45, 2.75) is 26.7 Å². The smallest absolute Gasteiger partial charge is 0.0366 e. The van der Waals surface area contributed by atoms with E-state index >= 15 is 0 Å². The van der Waals surface area contributed by atoms with Crippen LogP contribution in [0.5, 0.6) is 0 Å². The quantitative estimate of drug-likeness (QED) is 0.727. The molecule has 0 spiro atoms. The summed E-state index contributed by atoms with van der Waals surface area (Å²) in [5, 5.41) is 0. The van der Waals surface area contributed by atoms with Crippen molar-refractivity contribution in [3.8, 4) is 0 Å². The maximum atomic E-state index is 4.24. The Morgan fingerprint density at radius 1 is 1.31 bits per heavy atom. The number of benzene rings is 1. The van der Waals surface area contributed by atoms with Crippen molar-refractivity contribution < 1.29 is 0 Å². The lowest BCUT2D eigenvalue weighted by Gasteiger charge is -2.33. The minimum absolute atomic E-state index is 0.876. The monoisotopic (exact) mass is 215 g/mol. The molecule has 0 radical (unpaired) electrons. The van der Waals surface area contributed by atoms with Crippen LogP contribution in [-0.2, 0) is 0 Å². The highest BCUT2D eigenvalue weighted by Crippen LogP contribution is 2.24. The van der Waals surface area contributed by atoms with Gasteiger partial charge in [-0.1, -0.05) is 37.3 Å². The van der Waals surface area contributed by atoms with E-state index in [9.17, 15) is 0 Å². The maximum Gasteiger partial charge on any atom is 0.0366 e. The van der Waals surface area contributed by atoms with E-state index in [1.54, 1.807) is 0 Å². The van der Waals surface area contributed by atoms with Crippen molar-refractivity contribution in [3.63, 3.8) is 0 Å². The number of rotatable bonds is 2. The Labute approximate surface area is 98.8 Å². The van der Waals surface area contributed by atoms with Gasteiger partial charge in [0.2, 0.25) is 0 Å². The van der Waals surface area contributed by atoms with Gasteiger partial charge >= 0.3 is 0 Å². The second-order valence-electron chi connectivity index (χ2n) is 4.99. The van der Waals surface area contributed by atoms with Gasteiger partial charge in [0.05, 0.1) is 0 Å². The Bertz CT molecular complexity index is 373. The first-order chi connectivity index (χ1) is 7.66. The largest absolute Gasteiger partial charge is 0.372 e. The van der Waals surface area contributed by atoms with Crippen LogP contribution in [0, 0.1) is 12.8 Å². The van der Waals surface area contributed by atoms with E-state index in [-0.39, 0.29) is 0 Å². The maximum absolute atomic E-state index is 4.24. The molecule has 1 aromatic carbocycles. The second-order valence-corrected chi connectivity index (χ2v) is 4.99. The van der Waals surface area contributed by atoms with Crippen LogP contribution in [0.25, 0.3) is 5.70 Å². The molecule has 1 saturated heterocycles. The molecule has 0 saturated carbocycles. The van der Waals surface area contributed by atoms with Crippen LogP contribution in [0.2, 0.25) is 0 Å². The topological polar surface area (TPSA) is 3.24 Å². The normalized spacial score (nSPS) is 17.5. The summed E-state index contributed by atoms with van der Waals surface area (Å²) in [5.74, 6) is 0.876. The zero-order chi connectivity index (χ0) is 11.5. The molecule has 1 nitrogen and oxygen atoms in total. The summed E-state index contributed by atoms with van der Waals surface area (Å²) in [6.07, 6.45) is 2.59. The summed E-state index contributed by atoms with van der Waals surface area (Å²) in [6, 6.07) is 8.63. The van der Waals surface area contributed by atoms with Crippen molar-refractivity contribution in [2.24, 2.45) is 5.92 Å². The van der Waals surface area contributed by atoms with E-state index in [1.165, 1.54) is 29.7 Å². The van der Waals surface area contributed by atoms with Crippen molar-refractivity contribution in [3.05, 3.63) is 42.0 Å². The second kappa shape index (κ2) is 4.73. The van der Waals surface area contributed by atoms with Crippen molar-refractivity contribution in [1.82, 2.24) is 4.90 Å². The van der Waals surface area contributed by atoms with E-state index in [0.29, 0.717) is 0 Å². The SMILES string of the molecule is C=C(c1cccc(C)c1)N1CCC(C)CC1. The first kappa shape index (κ1) is 11.3. The molecule has 0 amide bonds. The van der Waals surface area contributed by atoms with Gasteiger partial charge in [-0.15, -0.1) is 0 Å². The van der Waals surface area contributed by atoms with Gasteiger partial charge in [0, 0.05) is 18.8 Å². The van der Waals surface area contributed by atoms with Crippen molar-refractivity contribution in [2.75, 3.05) is 13.1 Å². The average Bonchev–Trinajstić information content (AvgIpc) is 2.29. The van der Waals surface area contributed by atoms with Crippen molar-refractivity contribution in [1.29, 1.82) is 0 Å². The summed E-state index contributed by atoms with van der Waals surface area (Å²) in [7, 11) is 0. The fourth-order valence-corrected chi connectivity index (χ4v) is 2.29. The molecular weight excluding hydrogens is 194 g/mol. The first-order valence-electron chi connectivity index (χ1n) is 6.17. The predicted octanol–water partition coefficient (Wildman–Crippen LogP) is 3.70. The Kier molecular flexibility index (Phi) is 3.33. The van der Waals surface area contributed by atoms with Crippen LogP contribution < -0.4 is 0 Å². The molecular formula is C15H21N. The fraction of sp³-hybridized carbons (Fsp3) is 0.467. The van der Waals surface area contributed by atoms with Gasteiger partial charge in [0.25, 0.3) is 0 Å². The molecule has 0 bridgehead atoms. The van der Waals surface area contributed by atoms with Gasteiger partial charge in [-0.05, 0) is 37.3 Å². The number of aryl methyl sites for hydroxylation is 1. The standard InChI is InChI=1S/C15H21N/c1-12-7-9-16(10-8-12)14(3)15-6-4-5-13(2)11-15/h4-6,11-12H,3,7-10H2,1-2H3. The fourth-order valence-electron chi connectivity index (χ4n) is 2.29. The van der Waals surface area contributed by atoms with E-state index < -0.39 is 0 Å². The number of likely N-dealkylation sites (tertiary alicyclic amines) is 1. The summed E-state index contributed by atoms with van der Waals surface area (Å²) < 4.78 is 0. The number of piperidine rings is 1. The molecule has 0 unspecified atom stereocenters. The lowest BCUT2D eigenvalue weighted by molar-refractivity contribution is 0.268. The van der Waals surface area contributed by atoms with Gasteiger partial charge in [-0.2, -0.15) is 0 Å². The minimum Gasteiger partial charge on any atom is -0.372 e. The zero-order valence-corrected chi connectivity index (χ0v) is 10.4. The number of hydrogen-bond acceptors (Lipinski definition) is 1. The van der Waals surface area contributed by atoms with Crippen LogP contribution in [0.4, 0.5) is 0 Å². The Morgan fingerprint density at radius 2 is 2.00 bits per heavy atom.